The van der Waals surface area contributed by atoms with E-state index in [0.717, 1.165) is 71.5 Å². The molecule has 1 aliphatic heterocycles. The van der Waals surface area contributed by atoms with E-state index in [0.29, 0.717) is 24.1 Å². The summed E-state index contributed by atoms with van der Waals surface area (Å²) in [4.78, 5) is 6.94. The molecule has 1 saturated heterocycles. The van der Waals surface area contributed by atoms with Gasteiger partial charge in [0.05, 0.1) is 12.1 Å². The quantitative estimate of drug-likeness (QED) is 0.387. The third kappa shape index (κ3) is 3.88. The predicted octanol–water partition coefficient (Wildman–Crippen LogP) is 5.07. The Bertz CT molecular complexity index is 1600. The van der Waals surface area contributed by atoms with Crippen LogP contribution in [0.15, 0.2) is 54.1 Å². The number of likely N-dealkylation sites (tertiary alicyclic amines) is 1. The van der Waals surface area contributed by atoms with Gasteiger partial charge in [-0.1, -0.05) is 19.1 Å². The van der Waals surface area contributed by atoms with E-state index in [1.54, 1.807) is 10.8 Å². The molecule has 7 rings (SSSR count). The molecule has 1 saturated carbocycles. The standard InChI is InChI=1S/C29H33FN8/c1-17-3-2-4-24(30)23(17)15-37-29(32)21-8-5-19(13-25(21)35-37)22-14-26(38-27(22)28(31)33-16-34-38)18-9-11-36(12-10-18)20-6-7-20/h2,4-5,8,13-14,16-18,20H,3,6-7,9-12,15,32H2,1H3,(H2,31,33,34). The molecule has 196 valence electrons. The lowest BCUT2D eigenvalue weighted by molar-refractivity contribution is 0.201. The lowest BCUT2D eigenvalue weighted by Gasteiger charge is -2.31. The molecule has 1 aromatic carbocycles. The molecule has 3 aliphatic rings. The number of nitrogen functional groups attached to an aromatic ring is 2. The molecule has 1 atom stereocenters. The topological polar surface area (TPSA) is 103 Å². The number of piperidine rings is 1. The normalized spacial score (nSPS) is 21.3. The maximum absolute atomic E-state index is 14.5. The van der Waals surface area contributed by atoms with Crippen LogP contribution in [0, 0.1) is 5.92 Å². The van der Waals surface area contributed by atoms with Crippen LogP contribution in [0.3, 0.4) is 0 Å². The first-order chi connectivity index (χ1) is 18.5. The SMILES string of the molecule is CC1CC=CC(F)=C1Cn1nc2cc(-c3cc(C4CCN(C5CC5)CC4)n4ncnc(N)c34)ccc2c1N. The van der Waals surface area contributed by atoms with Gasteiger partial charge in [0, 0.05) is 28.6 Å². The van der Waals surface area contributed by atoms with Gasteiger partial charge in [0.25, 0.3) is 0 Å². The van der Waals surface area contributed by atoms with Crippen LogP contribution in [0.2, 0.25) is 0 Å². The number of hydrogen-bond acceptors (Lipinski definition) is 6. The minimum atomic E-state index is -0.186. The smallest absolute Gasteiger partial charge is 0.151 e. The average molecular weight is 513 g/mol. The van der Waals surface area contributed by atoms with Gasteiger partial charge in [-0.15, -0.1) is 0 Å². The number of allylic oxidation sites excluding steroid dienone is 4. The molecule has 4 aromatic rings. The molecule has 4 heterocycles. The number of hydrogen-bond donors (Lipinski definition) is 2. The highest BCUT2D eigenvalue weighted by molar-refractivity contribution is 5.96. The first-order valence-corrected chi connectivity index (χ1v) is 13.7. The minimum absolute atomic E-state index is 0.118. The van der Waals surface area contributed by atoms with E-state index in [-0.39, 0.29) is 11.7 Å². The summed E-state index contributed by atoms with van der Waals surface area (Å²) in [5.74, 6) is 1.36. The highest BCUT2D eigenvalue weighted by Crippen LogP contribution is 2.39. The summed E-state index contributed by atoms with van der Waals surface area (Å²) in [6, 6.07) is 9.12. The Kier molecular flexibility index (Phi) is 5.51. The molecule has 3 aromatic heterocycles. The molecular weight excluding hydrogens is 479 g/mol. The van der Waals surface area contributed by atoms with Gasteiger partial charge >= 0.3 is 0 Å². The zero-order chi connectivity index (χ0) is 26.0. The zero-order valence-corrected chi connectivity index (χ0v) is 21.6. The van der Waals surface area contributed by atoms with Crippen LogP contribution in [0.1, 0.15) is 50.6 Å². The van der Waals surface area contributed by atoms with Crippen LogP contribution in [-0.2, 0) is 6.54 Å². The summed E-state index contributed by atoms with van der Waals surface area (Å²) in [6.07, 6.45) is 10.7. The third-order valence-corrected chi connectivity index (χ3v) is 8.69. The summed E-state index contributed by atoms with van der Waals surface area (Å²) in [5, 5.41) is 10.3. The highest BCUT2D eigenvalue weighted by atomic mass is 19.1. The Balaban J connectivity index is 1.26. The van der Waals surface area contributed by atoms with E-state index in [1.165, 1.54) is 24.9 Å². The third-order valence-electron chi connectivity index (χ3n) is 8.69. The van der Waals surface area contributed by atoms with E-state index in [2.05, 4.69) is 27.1 Å². The molecule has 2 fully saturated rings. The van der Waals surface area contributed by atoms with Crippen molar-refractivity contribution in [1.29, 1.82) is 0 Å². The van der Waals surface area contributed by atoms with Crippen molar-refractivity contribution in [3.63, 3.8) is 0 Å². The number of halogens is 1. The van der Waals surface area contributed by atoms with E-state index in [4.69, 9.17) is 16.6 Å². The minimum Gasteiger partial charge on any atom is -0.383 e. The van der Waals surface area contributed by atoms with Crippen molar-refractivity contribution >= 4 is 28.1 Å². The predicted molar refractivity (Wildman–Crippen MR) is 148 cm³/mol. The first kappa shape index (κ1) is 23.4. The van der Waals surface area contributed by atoms with Gasteiger partial charge in [-0.05, 0) is 86.5 Å². The highest BCUT2D eigenvalue weighted by Gasteiger charge is 2.33. The molecule has 2 aliphatic carbocycles. The molecule has 4 N–H and O–H groups in total. The fourth-order valence-corrected chi connectivity index (χ4v) is 6.30. The van der Waals surface area contributed by atoms with Crippen LogP contribution >= 0.6 is 0 Å². The van der Waals surface area contributed by atoms with Crippen molar-refractivity contribution in [2.75, 3.05) is 24.6 Å². The largest absolute Gasteiger partial charge is 0.383 e. The van der Waals surface area contributed by atoms with Crippen molar-refractivity contribution in [2.24, 2.45) is 5.92 Å². The lowest BCUT2D eigenvalue weighted by atomic mass is 9.92. The summed E-state index contributed by atoms with van der Waals surface area (Å²) >= 11 is 0. The molecule has 0 radical (unpaired) electrons. The summed E-state index contributed by atoms with van der Waals surface area (Å²) in [6.45, 7) is 4.64. The van der Waals surface area contributed by atoms with E-state index in [9.17, 15) is 4.39 Å². The second-order valence-electron chi connectivity index (χ2n) is 11.1. The second-order valence-corrected chi connectivity index (χ2v) is 11.1. The van der Waals surface area contributed by atoms with Crippen LogP contribution in [0.25, 0.3) is 27.5 Å². The number of benzene rings is 1. The van der Waals surface area contributed by atoms with Crippen molar-refractivity contribution in [3.05, 3.63) is 59.8 Å². The molecule has 9 heteroatoms. The van der Waals surface area contributed by atoms with Gasteiger partial charge in [-0.3, -0.25) is 0 Å². The van der Waals surface area contributed by atoms with E-state index >= 15 is 0 Å². The van der Waals surface area contributed by atoms with Gasteiger partial charge in [-0.2, -0.15) is 10.2 Å². The van der Waals surface area contributed by atoms with Gasteiger partial charge < -0.3 is 16.4 Å². The Morgan fingerprint density at radius 3 is 2.66 bits per heavy atom. The number of rotatable bonds is 5. The molecule has 0 amide bonds. The van der Waals surface area contributed by atoms with Crippen LogP contribution < -0.4 is 11.5 Å². The fraction of sp³-hybridized carbons (Fsp3) is 0.414. The maximum atomic E-state index is 14.5. The maximum Gasteiger partial charge on any atom is 0.151 e. The van der Waals surface area contributed by atoms with Crippen molar-refractivity contribution in [2.45, 2.75) is 57.5 Å². The van der Waals surface area contributed by atoms with Gasteiger partial charge in [0.15, 0.2) is 5.82 Å². The van der Waals surface area contributed by atoms with Crippen LogP contribution in [0.5, 0.6) is 0 Å². The number of anilines is 2. The number of nitrogens with two attached hydrogens (primary N) is 2. The number of aromatic nitrogens is 5. The number of fused-ring (bicyclic) bond motifs is 2. The summed E-state index contributed by atoms with van der Waals surface area (Å²) < 4.78 is 18.2. The van der Waals surface area contributed by atoms with Gasteiger partial charge in [0.2, 0.25) is 0 Å². The lowest BCUT2D eigenvalue weighted by Crippen LogP contribution is -2.34. The van der Waals surface area contributed by atoms with Crippen molar-refractivity contribution < 1.29 is 4.39 Å². The molecule has 1 unspecified atom stereocenters. The number of nitrogens with zero attached hydrogens (tertiary/aromatic N) is 6. The van der Waals surface area contributed by atoms with Crippen LogP contribution in [-0.4, -0.2) is 48.4 Å². The summed E-state index contributed by atoms with van der Waals surface area (Å²) in [5.41, 5.74) is 18.4. The zero-order valence-electron chi connectivity index (χ0n) is 21.6. The Hall–Kier alpha value is -3.72. The van der Waals surface area contributed by atoms with Crippen LogP contribution in [0.4, 0.5) is 16.0 Å². The first-order valence-electron chi connectivity index (χ1n) is 13.7. The van der Waals surface area contributed by atoms with Crippen molar-refractivity contribution in [3.8, 4) is 11.1 Å². The Labute approximate surface area is 220 Å². The molecule has 8 nitrogen and oxygen atoms in total. The Morgan fingerprint density at radius 2 is 1.89 bits per heavy atom. The van der Waals surface area contributed by atoms with Gasteiger partial charge in [-0.25, -0.2) is 18.6 Å². The van der Waals surface area contributed by atoms with Gasteiger partial charge in [0.1, 0.15) is 23.5 Å². The van der Waals surface area contributed by atoms with Crippen molar-refractivity contribution in [1.82, 2.24) is 29.3 Å². The molecule has 0 bridgehead atoms. The fourth-order valence-electron chi connectivity index (χ4n) is 6.30. The van der Waals surface area contributed by atoms with E-state index < -0.39 is 0 Å². The molecule has 38 heavy (non-hydrogen) atoms. The summed E-state index contributed by atoms with van der Waals surface area (Å²) in [7, 11) is 0. The van der Waals surface area contributed by atoms with E-state index in [1.807, 2.05) is 29.6 Å². The monoisotopic (exact) mass is 512 g/mol. The average Bonchev–Trinajstić information content (AvgIpc) is 3.63. The molecular formula is C29H33FN8. The molecule has 0 spiro atoms. The second kappa shape index (κ2) is 8.94. The Morgan fingerprint density at radius 1 is 1.08 bits per heavy atom.